The predicted octanol–water partition coefficient (Wildman–Crippen LogP) is 1.28. The smallest absolute Gasteiger partial charge is 0.165 e. The first-order valence-electron chi connectivity index (χ1n) is 4.31. The molecular formula is C11H11NO3. The van der Waals surface area contributed by atoms with Gasteiger partial charge in [-0.3, -0.25) is 0 Å². The number of ether oxygens (including phenoxy) is 1. The van der Waals surface area contributed by atoms with Crippen LogP contribution in [0.1, 0.15) is 11.1 Å². The summed E-state index contributed by atoms with van der Waals surface area (Å²) in [5, 5.41) is 27.0. The molecular weight excluding hydrogens is 194 g/mol. The Bertz CT molecular complexity index is 419. The highest BCUT2D eigenvalue weighted by atomic mass is 16.5. The van der Waals surface area contributed by atoms with Crippen molar-refractivity contribution in [2.24, 2.45) is 0 Å². The summed E-state index contributed by atoms with van der Waals surface area (Å²) in [5.74, 6) is 0.202. The Labute approximate surface area is 87.7 Å². The van der Waals surface area contributed by atoms with Crippen molar-refractivity contribution in [1.82, 2.24) is 0 Å². The van der Waals surface area contributed by atoms with Crippen molar-refractivity contribution in [1.29, 1.82) is 5.26 Å². The maximum Gasteiger partial charge on any atom is 0.165 e. The standard InChI is InChI=1S/C11H11NO3/c1-15-10-6-8(7-12)5-9(11(10)14)3-2-4-13/h2-3,5-6,13-14H,4H2,1H3. The zero-order valence-electron chi connectivity index (χ0n) is 8.27. The number of benzene rings is 1. The molecule has 0 aliphatic heterocycles. The van der Waals surface area contributed by atoms with Crippen LogP contribution in [0.5, 0.6) is 11.5 Å². The largest absolute Gasteiger partial charge is 0.504 e. The first-order valence-corrected chi connectivity index (χ1v) is 4.31. The Hall–Kier alpha value is -1.99. The topological polar surface area (TPSA) is 73.5 Å². The van der Waals surface area contributed by atoms with Gasteiger partial charge in [0.25, 0.3) is 0 Å². The molecule has 78 valence electrons. The third-order valence-electron chi connectivity index (χ3n) is 1.86. The number of nitriles is 1. The Morgan fingerprint density at radius 3 is 2.80 bits per heavy atom. The van der Waals surface area contributed by atoms with E-state index >= 15 is 0 Å². The molecule has 1 aromatic rings. The van der Waals surface area contributed by atoms with Crippen LogP contribution in [0.25, 0.3) is 6.08 Å². The van der Waals surface area contributed by atoms with Crippen molar-refractivity contribution in [2.75, 3.05) is 13.7 Å². The molecule has 0 spiro atoms. The van der Waals surface area contributed by atoms with Gasteiger partial charge < -0.3 is 14.9 Å². The predicted molar refractivity (Wildman–Crippen MR) is 55.5 cm³/mol. The van der Waals surface area contributed by atoms with E-state index in [0.717, 1.165) is 0 Å². The van der Waals surface area contributed by atoms with E-state index < -0.39 is 0 Å². The molecule has 4 nitrogen and oxygen atoms in total. The molecule has 0 heterocycles. The normalized spacial score (nSPS) is 10.2. The van der Waals surface area contributed by atoms with Gasteiger partial charge in [0.2, 0.25) is 0 Å². The van der Waals surface area contributed by atoms with Gasteiger partial charge in [0.05, 0.1) is 25.3 Å². The SMILES string of the molecule is COc1cc(C#N)cc(C=CCO)c1O. The summed E-state index contributed by atoms with van der Waals surface area (Å²) in [5.41, 5.74) is 0.835. The average molecular weight is 205 g/mol. The third kappa shape index (κ3) is 2.48. The lowest BCUT2D eigenvalue weighted by Crippen LogP contribution is -1.88. The van der Waals surface area contributed by atoms with E-state index in [9.17, 15) is 5.11 Å². The monoisotopic (exact) mass is 205 g/mol. The summed E-state index contributed by atoms with van der Waals surface area (Å²) < 4.78 is 4.91. The van der Waals surface area contributed by atoms with Crippen LogP contribution in [0.4, 0.5) is 0 Å². The van der Waals surface area contributed by atoms with Gasteiger partial charge in [0.1, 0.15) is 0 Å². The molecule has 0 atom stereocenters. The second-order valence-corrected chi connectivity index (χ2v) is 2.81. The molecule has 15 heavy (non-hydrogen) atoms. The van der Waals surface area contributed by atoms with Crippen molar-refractivity contribution >= 4 is 6.08 Å². The second kappa shape index (κ2) is 5.03. The molecule has 0 unspecified atom stereocenters. The zero-order chi connectivity index (χ0) is 11.3. The number of aliphatic hydroxyl groups is 1. The first-order chi connectivity index (χ1) is 7.22. The van der Waals surface area contributed by atoms with E-state index in [1.807, 2.05) is 6.07 Å². The van der Waals surface area contributed by atoms with Gasteiger partial charge in [-0.1, -0.05) is 12.2 Å². The number of methoxy groups -OCH3 is 1. The summed E-state index contributed by atoms with van der Waals surface area (Å²) in [7, 11) is 1.41. The van der Waals surface area contributed by atoms with Crippen LogP contribution in [0.3, 0.4) is 0 Å². The molecule has 0 radical (unpaired) electrons. The van der Waals surface area contributed by atoms with Gasteiger partial charge in [-0.05, 0) is 6.07 Å². The average Bonchev–Trinajstić information content (AvgIpc) is 2.27. The van der Waals surface area contributed by atoms with Crippen LogP contribution in [0.15, 0.2) is 18.2 Å². The Morgan fingerprint density at radius 2 is 2.27 bits per heavy atom. The van der Waals surface area contributed by atoms with Gasteiger partial charge in [0, 0.05) is 11.6 Å². The lowest BCUT2D eigenvalue weighted by molar-refractivity contribution is 0.343. The highest BCUT2D eigenvalue weighted by Gasteiger charge is 2.07. The van der Waals surface area contributed by atoms with E-state index in [4.69, 9.17) is 15.1 Å². The van der Waals surface area contributed by atoms with Crippen molar-refractivity contribution in [3.63, 3.8) is 0 Å². The molecule has 1 rings (SSSR count). The van der Waals surface area contributed by atoms with Crippen molar-refractivity contribution < 1.29 is 14.9 Å². The van der Waals surface area contributed by atoms with E-state index in [0.29, 0.717) is 11.1 Å². The number of nitrogens with zero attached hydrogens (tertiary/aromatic N) is 1. The molecule has 0 bridgehead atoms. The van der Waals surface area contributed by atoms with Crippen molar-refractivity contribution in [3.05, 3.63) is 29.3 Å². The first kappa shape index (κ1) is 11.1. The lowest BCUT2D eigenvalue weighted by atomic mass is 10.1. The molecule has 2 N–H and O–H groups in total. The fourth-order valence-electron chi connectivity index (χ4n) is 1.16. The van der Waals surface area contributed by atoms with Gasteiger partial charge in [-0.2, -0.15) is 5.26 Å². The number of rotatable bonds is 3. The summed E-state index contributed by atoms with van der Waals surface area (Å²) >= 11 is 0. The molecule has 0 aliphatic rings. The number of hydrogen-bond acceptors (Lipinski definition) is 4. The Kier molecular flexibility index (Phi) is 3.72. The Morgan fingerprint density at radius 1 is 1.53 bits per heavy atom. The molecule has 4 heteroatoms. The summed E-state index contributed by atoms with van der Waals surface area (Å²) in [4.78, 5) is 0. The zero-order valence-corrected chi connectivity index (χ0v) is 8.27. The minimum Gasteiger partial charge on any atom is -0.504 e. The number of hydrogen-bond donors (Lipinski definition) is 2. The maximum absolute atomic E-state index is 9.67. The summed E-state index contributed by atoms with van der Waals surface area (Å²) in [6.07, 6.45) is 2.99. The maximum atomic E-state index is 9.67. The summed E-state index contributed by atoms with van der Waals surface area (Å²) in [6.45, 7) is -0.126. The fraction of sp³-hybridized carbons (Fsp3) is 0.182. The van der Waals surface area contributed by atoms with Gasteiger partial charge in [0.15, 0.2) is 11.5 Å². The van der Waals surface area contributed by atoms with Crippen LogP contribution >= 0.6 is 0 Å². The van der Waals surface area contributed by atoms with Crippen LogP contribution in [0, 0.1) is 11.3 Å². The van der Waals surface area contributed by atoms with E-state index in [1.165, 1.54) is 31.4 Å². The van der Waals surface area contributed by atoms with Gasteiger partial charge in [-0.25, -0.2) is 0 Å². The number of phenols is 1. The molecule has 0 saturated heterocycles. The molecule has 1 aromatic carbocycles. The van der Waals surface area contributed by atoms with Crippen LogP contribution < -0.4 is 4.74 Å². The molecule has 0 saturated carbocycles. The minimum absolute atomic E-state index is 0.0406. The molecule has 0 aliphatic carbocycles. The number of aromatic hydroxyl groups is 1. The lowest BCUT2D eigenvalue weighted by Gasteiger charge is -2.06. The number of aliphatic hydroxyl groups excluding tert-OH is 1. The third-order valence-corrected chi connectivity index (χ3v) is 1.86. The van der Waals surface area contributed by atoms with Crippen LogP contribution in [0.2, 0.25) is 0 Å². The Balaban J connectivity index is 3.25. The fourth-order valence-corrected chi connectivity index (χ4v) is 1.16. The van der Waals surface area contributed by atoms with E-state index in [2.05, 4.69) is 0 Å². The van der Waals surface area contributed by atoms with Crippen molar-refractivity contribution in [2.45, 2.75) is 0 Å². The highest BCUT2D eigenvalue weighted by molar-refractivity contribution is 5.64. The van der Waals surface area contributed by atoms with Gasteiger partial charge in [-0.15, -0.1) is 0 Å². The second-order valence-electron chi connectivity index (χ2n) is 2.81. The van der Waals surface area contributed by atoms with Crippen molar-refractivity contribution in [3.8, 4) is 17.6 Å². The quantitative estimate of drug-likeness (QED) is 0.779. The van der Waals surface area contributed by atoms with E-state index in [-0.39, 0.29) is 18.1 Å². The van der Waals surface area contributed by atoms with E-state index in [1.54, 1.807) is 0 Å². The molecule has 0 fully saturated rings. The molecule has 0 amide bonds. The van der Waals surface area contributed by atoms with Gasteiger partial charge >= 0.3 is 0 Å². The number of phenolic OH excluding ortho intramolecular Hbond substituents is 1. The van der Waals surface area contributed by atoms with Crippen LogP contribution in [-0.2, 0) is 0 Å². The summed E-state index contributed by atoms with van der Waals surface area (Å²) in [6, 6.07) is 4.93. The highest BCUT2D eigenvalue weighted by Crippen LogP contribution is 2.32. The minimum atomic E-state index is -0.126. The van der Waals surface area contributed by atoms with Crippen LogP contribution in [-0.4, -0.2) is 23.9 Å². The molecule has 0 aromatic heterocycles.